The molecule has 0 saturated heterocycles. The van der Waals surface area contributed by atoms with Gasteiger partial charge in [-0.3, -0.25) is 0 Å². The number of phosphoric acid groups is 1. The second-order valence-corrected chi connectivity index (χ2v) is 1.34. The zero-order valence-corrected chi connectivity index (χ0v) is 7.78. The predicted octanol–water partition coefficient (Wildman–Crippen LogP) is -2.83. The van der Waals surface area contributed by atoms with Crippen LogP contribution in [0.25, 0.3) is 0 Å². The van der Waals surface area contributed by atoms with E-state index in [1.807, 2.05) is 0 Å². The molecule has 0 fully saturated rings. The first kappa shape index (κ1) is 15.8. The summed E-state index contributed by atoms with van der Waals surface area (Å²) in [6, 6.07) is 0. The summed E-state index contributed by atoms with van der Waals surface area (Å²) in [5.41, 5.74) is 0. The minimum absolute atomic E-state index is 0. The van der Waals surface area contributed by atoms with E-state index in [9.17, 15) is 0 Å². The van der Waals surface area contributed by atoms with Crippen LogP contribution in [0.2, 0.25) is 0 Å². The maximum atomic E-state index is 8.55. The standard InChI is InChI=1S/H3O4P.V.Zr/c1-5(2,3)4;;/h(H3,1,2,3,4);;/q;2*+2/p-3. The predicted molar refractivity (Wildman–Crippen MR) is 7.61 cm³/mol. The Kier molecular flexibility index (Phi) is 12.9. The van der Waals surface area contributed by atoms with E-state index in [0.29, 0.717) is 0 Å². The van der Waals surface area contributed by atoms with Crippen molar-refractivity contribution >= 4 is 7.82 Å². The summed E-state index contributed by atoms with van der Waals surface area (Å²) < 4.78 is 8.55. The van der Waals surface area contributed by atoms with Gasteiger partial charge in [0.25, 0.3) is 0 Å². The Morgan fingerprint density at radius 1 is 1.14 bits per heavy atom. The Hall–Kier alpha value is 1.58. The van der Waals surface area contributed by atoms with Gasteiger partial charge in [-0.15, -0.1) is 0 Å². The molecule has 0 saturated carbocycles. The molecule has 37 valence electrons. The van der Waals surface area contributed by atoms with E-state index < -0.39 is 7.82 Å². The topological polar surface area (TPSA) is 86.2 Å². The van der Waals surface area contributed by atoms with Crippen LogP contribution in [0.5, 0.6) is 0 Å². The van der Waals surface area contributed by atoms with Gasteiger partial charge in [0, 0.05) is 0 Å². The quantitative estimate of drug-likeness (QED) is 0.425. The van der Waals surface area contributed by atoms with Crippen molar-refractivity contribution in [3.63, 3.8) is 0 Å². The van der Waals surface area contributed by atoms with Crippen LogP contribution < -0.4 is 14.7 Å². The summed E-state index contributed by atoms with van der Waals surface area (Å²) in [5.74, 6) is 0. The minimum atomic E-state index is -5.39. The maximum Gasteiger partial charge on any atom is 2.00 e. The summed E-state index contributed by atoms with van der Waals surface area (Å²) in [6.45, 7) is 0. The Labute approximate surface area is 71.6 Å². The molecule has 0 N–H and O–H groups in total. The molecule has 0 aliphatic heterocycles. The van der Waals surface area contributed by atoms with Gasteiger partial charge in [-0.2, -0.15) is 7.82 Å². The molecule has 4 nitrogen and oxygen atoms in total. The molecule has 7 heteroatoms. The van der Waals surface area contributed by atoms with Gasteiger partial charge in [0.15, 0.2) is 0 Å². The first-order chi connectivity index (χ1) is 2.00. The maximum absolute atomic E-state index is 8.55. The molecule has 0 aromatic carbocycles. The Morgan fingerprint density at radius 2 is 1.14 bits per heavy atom. The second-order valence-electron chi connectivity index (χ2n) is 0.447. The molecule has 0 aliphatic rings. The van der Waals surface area contributed by atoms with Gasteiger partial charge in [-0.25, -0.2) is 0 Å². The van der Waals surface area contributed by atoms with E-state index in [0.717, 1.165) is 0 Å². The molecular formula is O4PVZr+. The fourth-order valence-electron chi connectivity index (χ4n) is 0. The average molecular weight is 237 g/mol. The molecule has 0 spiro atoms. The van der Waals surface area contributed by atoms with Gasteiger partial charge in [0.2, 0.25) is 0 Å². The second kappa shape index (κ2) is 5.71. The molecule has 0 heterocycles. The Bertz CT molecular complexity index is 57.8. The molecule has 1 radical (unpaired) electrons. The molecule has 0 amide bonds. The van der Waals surface area contributed by atoms with Crippen molar-refractivity contribution in [3.8, 4) is 0 Å². The van der Waals surface area contributed by atoms with Gasteiger partial charge in [-0.1, -0.05) is 0 Å². The SMILES string of the molecule is O=P([O-])([O-])[O-].[V+2].[Zr+2]. The number of hydrogen-bond donors (Lipinski definition) is 0. The van der Waals surface area contributed by atoms with Crippen LogP contribution in [0.3, 0.4) is 0 Å². The first-order valence-electron chi connectivity index (χ1n) is 0.730. The normalized spacial score (nSPS) is 8.43. The van der Waals surface area contributed by atoms with E-state index in [-0.39, 0.29) is 44.8 Å². The molecule has 0 unspecified atom stereocenters. The molecule has 0 aromatic rings. The minimum Gasteiger partial charge on any atom is -0.822 e. The largest absolute Gasteiger partial charge is 2.00 e. The molecule has 0 atom stereocenters. The fourth-order valence-corrected chi connectivity index (χ4v) is 0. The van der Waals surface area contributed by atoms with E-state index in [1.165, 1.54) is 0 Å². The zero-order valence-electron chi connectivity index (χ0n) is 3.03. The van der Waals surface area contributed by atoms with Crippen LogP contribution >= 0.6 is 7.82 Å². The van der Waals surface area contributed by atoms with Crippen LogP contribution in [-0.2, 0) is 49.3 Å². The third-order valence-electron chi connectivity index (χ3n) is 0. The fraction of sp³-hybridized carbons (Fsp3) is 0. The van der Waals surface area contributed by atoms with Gasteiger partial charge < -0.3 is 19.2 Å². The van der Waals surface area contributed by atoms with Crippen molar-refractivity contribution in [2.24, 2.45) is 0 Å². The van der Waals surface area contributed by atoms with Crippen LogP contribution in [0.15, 0.2) is 0 Å². The van der Waals surface area contributed by atoms with Gasteiger partial charge in [0.05, 0.1) is 0 Å². The molecule has 0 bridgehead atoms. The molecular weight excluding hydrogens is 237 g/mol. The van der Waals surface area contributed by atoms with Gasteiger partial charge in [-0.05, 0) is 0 Å². The van der Waals surface area contributed by atoms with E-state index in [2.05, 4.69) is 0 Å². The third-order valence-corrected chi connectivity index (χ3v) is 0. The average Bonchev–Trinajstić information content (AvgIpc) is 0.722. The summed E-state index contributed by atoms with van der Waals surface area (Å²) in [6.07, 6.45) is 0. The summed E-state index contributed by atoms with van der Waals surface area (Å²) in [7, 11) is -5.39. The van der Waals surface area contributed by atoms with E-state index >= 15 is 0 Å². The third kappa shape index (κ3) is 94.7. The summed E-state index contributed by atoms with van der Waals surface area (Å²) in [4.78, 5) is 25.6. The Balaban J connectivity index is -0.0000000800. The number of rotatable bonds is 0. The molecule has 0 aromatic heterocycles. The van der Waals surface area contributed by atoms with Crippen molar-refractivity contribution in [2.45, 2.75) is 0 Å². The van der Waals surface area contributed by atoms with Crippen molar-refractivity contribution in [3.05, 3.63) is 0 Å². The van der Waals surface area contributed by atoms with Crippen molar-refractivity contribution in [1.29, 1.82) is 0 Å². The van der Waals surface area contributed by atoms with Gasteiger partial charge >= 0.3 is 44.8 Å². The summed E-state index contributed by atoms with van der Waals surface area (Å²) >= 11 is 0. The van der Waals surface area contributed by atoms with Crippen molar-refractivity contribution in [2.75, 3.05) is 0 Å². The smallest absolute Gasteiger partial charge is 0.822 e. The molecule has 0 aliphatic carbocycles. The van der Waals surface area contributed by atoms with Crippen LogP contribution in [0, 0.1) is 0 Å². The van der Waals surface area contributed by atoms with E-state index in [4.69, 9.17) is 19.2 Å². The summed E-state index contributed by atoms with van der Waals surface area (Å²) in [5, 5.41) is 0. The Morgan fingerprint density at radius 3 is 1.14 bits per heavy atom. The molecule has 7 heavy (non-hydrogen) atoms. The zero-order chi connectivity index (χ0) is 4.50. The first-order valence-corrected chi connectivity index (χ1v) is 2.19. The number of hydrogen-bond acceptors (Lipinski definition) is 4. The van der Waals surface area contributed by atoms with Crippen molar-refractivity contribution in [1.82, 2.24) is 0 Å². The van der Waals surface area contributed by atoms with E-state index in [1.54, 1.807) is 0 Å². The monoisotopic (exact) mass is 236 g/mol. The van der Waals surface area contributed by atoms with Crippen molar-refractivity contribution < 1.29 is 64.0 Å². The van der Waals surface area contributed by atoms with Crippen LogP contribution in [0.4, 0.5) is 0 Å². The van der Waals surface area contributed by atoms with Crippen LogP contribution in [-0.4, -0.2) is 0 Å². The molecule has 0 rings (SSSR count). The van der Waals surface area contributed by atoms with Gasteiger partial charge in [0.1, 0.15) is 0 Å². The van der Waals surface area contributed by atoms with Crippen LogP contribution in [0.1, 0.15) is 0 Å².